The van der Waals surface area contributed by atoms with E-state index in [4.69, 9.17) is 4.74 Å². The molecule has 3 fully saturated rings. The number of ether oxygens (including phenoxy) is 1. The summed E-state index contributed by atoms with van der Waals surface area (Å²) in [6.45, 7) is 1.64. The first-order valence-corrected chi connectivity index (χ1v) is 12.7. The number of rotatable bonds is 5. The Labute approximate surface area is 208 Å². The van der Waals surface area contributed by atoms with E-state index in [9.17, 15) is 27.2 Å². The monoisotopic (exact) mass is 518 g/mol. The van der Waals surface area contributed by atoms with E-state index >= 15 is 0 Å². The van der Waals surface area contributed by atoms with Crippen molar-refractivity contribution in [3.05, 3.63) is 46.5 Å². The van der Waals surface area contributed by atoms with Gasteiger partial charge in [0.05, 0.1) is 34.2 Å². The summed E-state index contributed by atoms with van der Waals surface area (Å²) in [7, 11) is 0. The number of fused-ring (bicyclic) bond motifs is 2. The number of piperidine rings is 1. The maximum atomic E-state index is 14.4. The van der Waals surface area contributed by atoms with E-state index in [-0.39, 0.29) is 47.1 Å². The van der Waals surface area contributed by atoms with E-state index in [1.54, 1.807) is 12.1 Å². The first-order chi connectivity index (χ1) is 17.1. The van der Waals surface area contributed by atoms with Gasteiger partial charge in [0, 0.05) is 22.2 Å². The van der Waals surface area contributed by atoms with E-state index in [2.05, 4.69) is 4.98 Å². The lowest BCUT2D eigenvalue weighted by atomic mass is 9.98. The Kier molecular flexibility index (Phi) is 5.37. The van der Waals surface area contributed by atoms with Crippen LogP contribution in [0.2, 0.25) is 0 Å². The second-order valence-electron chi connectivity index (χ2n) is 9.77. The number of amides is 2. The van der Waals surface area contributed by atoms with Gasteiger partial charge in [-0.1, -0.05) is 0 Å². The summed E-state index contributed by atoms with van der Waals surface area (Å²) in [4.78, 5) is 31.1. The summed E-state index contributed by atoms with van der Waals surface area (Å²) >= 11 is 1.28. The van der Waals surface area contributed by atoms with Crippen molar-refractivity contribution < 1.29 is 31.9 Å². The highest BCUT2D eigenvalue weighted by Crippen LogP contribution is 2.48. The first-order valence-electron chi connectivity index (χ1n) is 11.9. The Morgan fingerprint density at radius 3 is 2.53 bits per heavy atom. The van der Waals surface area contributed by atoms with Crippen LogP contribution in [0.5, 0.6) is 5.75 Å². The second kappa shape index (κ2) is 8.26. The zero-order valence-electron chi connectivity index (χ0n) is 19.3. The van der Waals surface area contributed by atoms with Gasteiger partial charge in [-0.25, -0.2) is 4.39 Å². The van der Waals surface area contributed by atoms with E-state index in [1.807, 2.05) is 0 Å². The van der Waals surface area contributed by atoms with Crippen LogP contribution in [0.15, 0.2) is 30.5 Å². The highest BCUT2D eigenvalue weighted by Gasteiger charge is 2.58. The largest absolute Gasteiger partial charge is 0.486 e. The molecule has 2 amide bonds. The fraction of sp³-hybridized carbons (Fsp3) is 0.423. The zero-order valence-corrected chi connectivity index (χ0v) is 20.1. The van der Waals surface area contributed by atoms with Gasteiger partial charge in [-0.2, -0.15) is 13.2 Å². The minimum absolute atomic E-state index is 0.113. The molecule has 1 saturated heterocycles. The third-order valence-corrected chi connectivity index (χ3v) is 8.41. The number of nitrogens with zero attached hydrogens (tertiary/aromatic N) is 2. The van der Waals surface area contributed by atoms with Crippen molar-refractivity contribution in [2.45, 2.75) is 57.6 Å². The molecule has 2 aliphatic carbocycles. The van der Waals surface area contributed by atoms with Crippen LogP contribution in [-0.2, 0) is 22.3 Å². The molecular formula is C26H22F4N2O3S. The predicted octanol–water partition coefficient (Wildman–Crippen LogP) is 6.06. The first kappa shape index (κ1) is 23.4. The number of alkyl halides is 4. The summed E-state index contributed by atoms with van der Waals surface area (Å²) in [5.74, 6) is -0.522. The molecule has 2 saturated carbocycles. The summed E-state index contributed by atoms with van der Waals surface area (Å²) in [5.41, 5.74) is 0.697. The molecule has 1 aliphatic heterocycles. The Morgan fingerprint density at radius 1 is 1.11 bits per heavy atom. The third-order valence-electron chi connectivity index (χ3n) is 7.27. The maximum absolute atomic E-state index is 14.4. The Morgan fingerprint density at radius 2 is 1.86 bits per heavy atom. The van der Waals surface area contributed by atoms with Gasteiger partial charge in [0.15, 0.2) is 0 Å². The number of likely N-dealkylation sites (tertiary alicyclic amines) is 1. The van der Waals surface area contributed by atoms with Crippen molar-refractivity contribution in [2.75, 3.05) is 0 Å². The molecule has 2 aromatic heterocycles. The van der Waals surface area contributed by atoms with Gasteiger partial charge in [0.2, 0.25) is 11.8 Å². The summed E-state index contributed by atoms with van der Waals surface area (Å²) in [6.07, 6.45) is -2.82. The summed E-state index contributed by atoms with van der Waals surface area (Å²) in [5, 5.41) is 0. The Bertz CT molecular complexity index is 1380. The molecule has 0 bridgehead atoms. The van der Waals surface area contributed by atoms with Gasteiger partial charge in [-0.3, -0.25) is 19.5 Å². The molecular weight excluding hydrogens is 496 g/mol. The number of thiophene rings is 1. The number of carbonyl (C=O) groups excluding carboxylic acids is 2. The van der Waals surface area contributed by atoms with E-state index < -0.39 is 24.0 Å². The van der Waals surface area contributed by atoms with Crippen LogP contribution >= 0.6 is 11.3 Å². The number of benzene rings is 1. The molecule has 3 aliphatic rings. The second-order valence-corrected chi connectivity index (χ2v) is 10.9. The van der Waals surface area contributed by atoms with E-state index in [0.717, 1.165) is 12.1 Å². The van der Waals surface area contributed by atoms with Gasteiger partial charge in [0.1, 0.15) is 18.0 Å². The standard InChI is InChI=1S/C26H22F4N2O3S/c1-12-7-13(26(28,29)30)8-16(22(12)35-21-4-2-3-19(21)27)15-5-6-31-20-9-14(36-23(15)20)11-32-24(33)17-10-18(17)25(32)34/h5-9,17-19,21H,2-4,10-11H2,1H3/t17?,18?,19-,21+/m0/s1. The van der Waals surface area contributed by atoms with Crippen LogP contribution in [0, 0.1) is 18.8 Å². The smallest absolute Gasteiger partial charge is 0.416 e. The van der Waals surface area contributed by atoms with Gasteiger partial charge >= 0.3 is 6.18 Å². The molecule has 10 heteroatoms. The number of imide groups is 1. The fourth-order valence-corrected chi connectivity index (χ4v) is 6.43. The van der Waals surface area contributed by atoms with Crippen molar-refractivity contribution >= 4 is 33.4 Å². The van der Waals surface area contributed by atoms with Crippen LogP contribution in [0.4, 0.5) is 17.6 Å². The summed E-state index contributed by atoms with van der Waals surface area (Å²) in [6, 6.07) is 5.44. The Balaban J connectivity index is 1.43. The predicted molar refractivity (Wildman–Crippen MR) is 125 cm³/mol. The molecule has 0 spiro atoms. The average molecular weight is 519 g/mol. The maximum Gasteiger partial charge on any atom is 0.416 e. The minimum atomic E-state index is -4.57. The molecule has 6 rings (SSSR count). The van der Waals surface area contributed by atoms with Crippen LogP contribution in [-0.4, -0.2) is 34.0 Å². The van der Waals surface area contributed by atoms with Crippen LogP contribution in [0.25, 0.3) is 21.3 Å². The molecule has 36 heavy (non-hydrogen) atoms. The fourth-order valence-electron chi connectivity index (χ4n) is 5.30. The molecule has 3 aromatic rings. The zero-order chi connectivity index (χ0) is 25.4. The van der Waals surface area contributed by atoms with Crippen molar-refractivity contribution in [1.29, 1.82) is 0 Å². The van der Waals surface area contributed by atoms with Crippen LogP contribution in [0.1, 0.15) is 41.7 Å². The van der Waals surface area contributed by atoms with Gasteiger partial charge < -0.3 is 4.74 Å². The lowest BCUT2D eigenvalue weighted by molar-refractivity contribution is -0.142. The van der Waals surface area contributed by atoms with Crippen molar-refractivity contribution in [3.8, 4) is 16.9 Å². The number of carbonyl (C=O) groups is 2. The highest BCUT2D eigenvalue weighted by molar-refractivity contribution is 7.19. The summed E-state index contributed by atoms with van der Waals surface area (Å²) < 4.78 is 62.2. The number of pyridine rings is 1. The number of halogens is 4. The normalized spacial score (nSPS) is 25.6. The minimum Gasteiger partial charge on any atom is -0.486 e. The van der Waals surface area contributed by atoms with Crippen molar-refractivity contribution in [2.24, 2.45) is 11.8 Å². The highest BCUT2D eigenvalue weighted by atomic mass is 32.1. The van der Waals surface area contributed by atoms with Gasteiger partial charge in [-0.05, 0) is 62.4 Å². The number of hydrogen-bond donors (Lipinski definition) is 0. The number of aromatic nitrogens is 1. The van der Waals surface area contributed by atoms with Crippen molar-refractivity contribution in [3.63, 3.8) is 0 Å². The van der Waals surface area contributed by atoms with E-state index in [0.29, 0.717) is 46.3 Å². The quantitative estimate of drug-likeness (QED) is 0.304. The Hall–Kier alpha value is -3.01. The molecule has 4 atom stereocenters. The van der Waals surface area contributed by atoms with E-state index in [1.165, 1.54) is 29.4 Å². The van der Waals surface area contributed by atoms with Crippen LogP contribution in [0.3, 0.4) is 0 Å². The van der Waals surface area contributed by atoms with Gasteiger partial charge in [0.25, 0.3) is 0 Å². The molecule has 0 radical (unpaired) electrons. The topological polar surface area (TPSA) is 59.5 Å². The molecule has 0 N–H and O–H groups in total. The van der Waals surface area contributed by atoms with Gasteiger partial charge in [-0.15, -0.1) is 11.3 Å². The average Bonchev–Trinajstić information content (AvgIpc) is 3.27. The molecule has 2 unspecified atom stereocenters. The lowest BCUT2D eigenvalue weighted by Gasteiger charge is -2.22. The number of aryl methyl sites for hydroxylation is 1. The lowest BCUT2D eigenvalue weighted by Crippen LogP contribution is -2.31. The molecule has 188 valence electrons. The molecule has 1 aromatic carbocycles. The third kappa shape index (κ3) is 3.86. The van der Waals surface area contributed by atoms with Crippen LogP contribution < -0.4 is 4.74 Å². The van der Waals surface area contributed by atoms with Crippen molar-refractivity contribution in [1.82, 2.24) is 9.88 Å². The molecule has 5 nitrogen and oxygen atoms in total. The molecule has 3 heterocycles. The number of hydrogen-bond acceptors (Lipinski definition) is 5. The SMILES string of the molecule is Cc1cc(C(F)(F)F)cc(-c2ccnc3cc(CN4C(=O)C5CC5C4=O)sc23)c1O[C@@H]1CCC[C@@H]1F.